The summed E-state index contributed by atoms with van der Waals surface area (Å²) in [6, 6.07) is 8.46. The van der Waals surface area contributed by atoms with E-state index >= 15 is 0 Å². The number of hydrogen-bond donors (Lipinski definition) is 1. The van der Waals surface area contributed by atoms with Crippen molar-refractivity contribution in [1.82, 2.24) is 4.98 Å². The van der Waals surface area contributed by atoms with E-state index in [1.807, 2.05) is 0 Å². The van der Waals surface area contributed by atoms with Crippen LogP contribution in [0.1, 0.15) is 18.4 Å². The summed E-state index contributed by atoms with van der Waals surface area (Å²) in [5.74, 6) is 1.83. The Morgan fingerprint density at radius 1 is 1.06 bits per heavy atom. The van der Waals surface area contributed by atoms with Gasteiger partial charge >= 0.3 is 0 Å². The average molecular weight is 208 g/mol. The number of aromatic amines is 1. The van der Waals surface area contributed by atoms with E-state index in [0.717, 1.165) is 0 Å². The molecule has 1 aromatic heterocycles. The van der Waals surface area contributed by atoms with Gasteiger partial charge in [-0.1, -0.05) is 25.1 Å². The molecule has 0 saturated heterocycles. The molecule has 1 atom stereocenters. The van der Waals surface area contributed by atoms with Gasteiger partial charge in [0.05, 0.1) is 0 Å². The molecule has 1 aliphatic rings. The minimum atomic E-state index is 0.450. The maximum atomic E-state index is 3.33. The Kier molecular flexibility index (Phi) is 2.47. The summed E-state index contributed by atoms with van der Waals surface area (Å²) in [6.45, 7) is 2.25. The SMILES string of the molecule is C[C@H]([C]1[CH][CH][CH][CH]1)c1c[nH]c2ccccc12. The number of benzene rings is 1. The fourth-order valence-electron chi connectivity index (χ4n) is 2.31. The molecule has 1 heteroatoms. The fraction of sp³-hybridized carbons (Fsp3) is 0.133. The molecule has 3 rings (SSSR count). The van der Waals surface area contributed by atoms with Crippen molar-refractivity contribution in [2.24, 2.45) is 0 Å². The molecule has 1 N–H and O–H groups in total. The summed E-state index contributed by atoms with van der Waals surface area (Å²) in [4.78, 5) is 3.33. The minimum Gasteiger partial charge on any atom is -0.361 e. The first kappa shape index (κ1) is 9.95. The van der Waals surface area contributed by atoms with Crippen LogP contribution in [0.25, 0.3) is 10.9 Å². The van der Waals surface area contributed by atoms with Gasteiger partial charge < -0.3 is 4.98 Å². The number of hydrogen-bond acceptors (Lipinski definition) is 0. The number of aromatic nitrogens is 1. The molecule has 2 aromatic rings. The molecule has 1 saturated carbocycles. The molecule has 16 heavy (non-hydrogen) atoms. The predicted octanol–water partition coefficient (Wildman–Crippen LogP) is 3.68. The first-order valence-corrected chi connectivity index (χ1v) is 5.64. The Morgan fingerprint density at radius 2 is 1.81 bits per heavy atom. The van der Waals surface area contributed by atoms with E-state index in [1.54, 1.807) is 0 Å². The molecule has 1 aromatic carbocycles. The standard InChI is InChI=1S/C15H14N/c1-11(12-6-2-3-7-12)14-10-16-15-9-5-4-8-13(14)15/h2-11,16H,1H3/t11-/m1/s1. The highest BCUT2D eigenvalue weighted by atomic mass is 14.7. The number of rotatable bonds is 2. The molecule has 5 radical (unpaired) electrons. The van der Waals surface area contributed by atoms with Crippen molar-refractivity contribution in [3.8, 4) is 0 Å². The van der Waals surface area contributed by atoms with Crippen LogP contribution in [0.15, 0.2) is 30.5 Å². The summed E-state index contributed by atoms with van der Waals surface area (Å²) >= 11 is 0. The number of fused-ring (bicyclic) bond motifs is 1. The van der Waals surface area contributed by atoms with Crippen LogP contribution in [0.2, 0.25) is 0 Å². The lowest BCUT2D eigenvalue weighted by Gasteiger charge is -2.17. The Hall–Kier alpha value is -1.24. The van der Waals surface area contributed by atoms with Crippen molar-refractivity contribution in [3.05, 3.63) is 67.6 Å². The predicted molar refractivity (Wildman–Crippen MR) is 67.2 cm³/mol. The van der Waals surface area contributed by atoms with Crippen LogP contribution < -0.4 is 0 Å². The van der Waals surface area contributed by atoms with Gasteiger partial charge in [-0.05, 0) is 49.1 Å². The lowest BCUT2D eigenvalue weighted by Crippen LogP contribution is -2.03. The van der Waals surface area contributed by atoms with Crippen LogP contribution in [0.5, 0.6) is 0 Å². The first-order chi connectivity index (χ1) is 7.86. The zero-order valence-electron chi connectivity index (χ0n) is 9.27. The number of para-hydroxylation sites is 1. The molecule has 1 nitrogen and oxygen atoms in total. The lowest BCUT2D eigenvalue weighted by atomic mass is 9.86. The Morgan fingerprint density at radius 3 is 2.62 bits per heavy atom. The van der Waals surface area contributed by atoms with Gasteiger partial charge in [-0.2, -0.15) is 0 Å². The van der Waals surface area contributed by atoms with E-state index in [9.17, 15) is 0 Å². The molecule has 0 amide bonds. The van der Waals surface area contributed by atoms with Crippen molar-refractivity contribution in [2.75, 3.05) is 0 Å². The maximum Gasteiger partial charge on any atom is 0.0456 e. The van der Waals surface area contributed by atoms with E-state index in [4.69, 9.17) is 0 Å². The summed E-state index contributed by atoms with van der Waals surface area (Å²) in [7, 11) is 0. The Labute approximate surface area is 96.9 Å². The smallest absolute Gasteiger partial charge is 0.0456 e. The van der Waals surface area contributed by atoms with Gasteiger partial charge in [0.25, 0.3) is 0 Å². The number of H-pyrrole nitrogens is 1. The van der Waals surface area contributed by atoms with E-state index < -0.39 is 0 Å². The largest absolute Gasteiger partial charge is 0.361 e. The van der Waals surface area contributed by atoms with Crippen molar-refractivity contribution in [1.29, 1.82) is 0 Å². The highest BCUT2D eigenvalue weighted by Crippen LogP contribution is 2.38. The molecular weight excluding hydrogens is 194 g/mol. The summed E-state index contributed by atoms with van der Waals surface area (Å²) in [5, 5.41) is 1.33. The summed E-state index contributed by atoms with van der Waals surface area (Å²) in [5.41, 5.74) is 2.60. The monoisotopic (exact) mass is 208 g/mol. The highest BCUT2D eigenvalue weighted by molar-refractivity contribution is 5.84. The lowest BCUT2D eigenvalue weighted by molar-refractivity contribution is 0.834. The molecular formula is C15H14N. The molecule has 1 fully saturated rings. The minimum absolute atomic E-state index is 0.450. The van der Waals surface area contributed by atoms with Gasteiger partial charge in [0.2, 0.25) is 0 Å². The Balaban J connectivity index is 1.98. The van der Waals surface area contributed by atoms with Gasteiger partial charge in [0.15, 0.2) is 0 Å². The second-order valence-corrected chi connectivity index (χ2v) is 4.23. The highest BCUT2D eigenvalue weighted by Gasteiger charge is 2.25. The molecule has 1 aliphatic carbocycles. The van der Waals surface area contributed by atoms with Crippen LogP contribution in [0, 0.1) is 31.6 Å². The van der Waals surface area contributed by atoms with Crippen LogP contribution in [0.3, 0.4) is 0 Å². The second-order valence-electron chi connectivity index (χ2n) is 4.23. The third-order valence-electron chi connectivity index (χ3n) is 3.28. The first-order valence-electron chi connectivity index (χ1n) is 5.64. The van der Waals surface area contributed by atoms with E-state index in [0.29, 0.717) is 5.92 Å². The third-order valence-corrected chi connectivity index (χ3v) is 3.28. The van der Waals surface area contributed by atoms with Crippen LogP contribution in [0.4, 0.5) is 0 Å². The second kappa shape index (κ2) is 3.97. The average Bonchev–Trinajstić information content (AvgIpc) is 2.98. The van der Waals surface area contributed by atoms with Gasteiger partial charge in [0, 0.05) is 17.1 Å². The van der Waals surface area contributed by atoms with E-state index in [-0.39, 0.29) is 0 Å². The van der Waals surface area contributed by atoms with Crippen molar-refractivity contribution >= 4 is 10.9 Å². The van der Waals surface area contributed by atoms with Crippen LogP contribution in [-0.2, 0) is 0 Å². The zero-order valence-corrected chi connectivity index (χ0v) is 9.27. The number of nitrogens with one attached hydrogen (secondary N) is 1. The van der Waals surface area contributed by atoms with Crippen molar-refractivity contribution in [3.63, 3.8) is 0 Å². The normalized spacial score (nSPS) is 19.3. The zero-order chi connectivity index (χ0) is 11.0. The van der Waals surface area contributed by atoms with Crippen molar-refractivity contribution in [2.45, 2.75) is 12.8 Å². The third kappa shape index (κ3) is 1.55. The van der Waals surface area contributed by atoms with Crippen molar-refractivity contribution < 1.29 is 0 Å². The quantitative estimate of drug-likeness (QED) is 0.775. The molecule has 0 aliphatic heterocycles. The molecule has 0 bridgehead atoms. The summed E-state index contributed by atoms with van der Waals surface area (Å²) < 4.78 is 0. The van der Waals surface area contributed by atoms with E-state index in [1.165, 1.54) is 22.4 Å². The van der Waals surface area contributed by atoms with Gasteiger partial charge in [-0.3, -0.25) is 0 Å². The Bertz CT molecular complexity index is 477. The van der Waals surface area contributed by atoms with E-state index in [2.05, 4.69) is 68.1 Å². The molecule has 0 spiro atoms. The molecule has 79 valence electrons. The van der Waals surface area contributed by atoms with Crippen LogP contribution >= 0.6 is 0 Å². The summed E-state index contributed by atoms with van der Waals surface area (Å²) in [6.07, 6.45) is 10.7. The molecule has 0 unspecified atom stereocenters. The van der Waals surface area contributed by atoms with Gasteiger partial charge in [-0.15, -0.1) is 0 Å². The van der Waals surface area contributed by atoms with Gasteiger partial charge in [-0.25, -0.2) is 0 Å². The van der Waals surface area contributed by atoms with Crippen LogP contribution in [-0.4, -0.2) is 4.98 Å². The maximum absolute atomic E-state index is 3.33. The topological polar surface area (TPSA) is 15.8 Å². The molecule has 1 heterocycles. The fourth-order valence-corrected chi connectivity index (χ4v) is 2.31. The van der Waals surface area contributed by atoms with Gasteiger partial charge in [0.1, 0.15) is 0 Å².